The van der Waals surface area contributed by atoms with Crippen LogP contribution in [-0.2, 0) is 11.2 Å². The van der Waals surface area contributed by atoms with E-state index in [-0.39, 0.29) is 11.2 Å². The SMILES string of the molecule is CC(=O)Cc1ccc2c(=O)c(-c3ccccc3)coc2c1. The molecule has 0 aliphatic heterocycles. The predicted octanol–water partition coefficient (Wildman–Crippen LogP) is 3.59. The van der Waals surface area contributed by atoms with Crippen LogP contribution in [0.4, 0.5) is 0 Å². The van der Waals surface area contributed by atoms with E-state index in [1.807, 2.05) is 30.3 Å². The largest absolute Gasteiger partial charge is 0.463 e. The fraction of sp³-hybridized carbons (Fsp3) is 0.111. The van der Waals surface area contributed by atoms with E-state index in [0.717, 1.165) is 11.1 Å². The van der Waals surface area contributed by atoms with E-state index in [1.165, 1.54) is 6.26 Å². The maximum atomic E-state index is 12.5. The molecule has 3 aromatic rings. The summed E-state index contributed by atoms with van der Waals surface area (Å²) in [5.74, 6) is 0.0811. The van der Waals surface area contributed by atoms with Crippen LogP contribution in [-0.4, -0.2) is 5.78 Å². The molecule has 0 bridgehead atoms. The quantitative estimate of drug-likeness (QED) is 0.735. The number of carbonyl (C=O) groups excluding carboxylic acids is 1. The molecule has 0 unspecified atom stereocenters. The smallest absolute Gasteiger partial charge is 0.200 e. The topological polar surface area (TPSA) is 47.3 Å². The highest BCUT2D eigenvalue weighted by atomic mass is 16.3. The van der Waals surface area contributed by atoms with E-state index in [9.17, 15) is 9.59 Å². The lowest BCUT2D eigenvalue weighted by molar-refractivity contribution is -0.116. The maximum Gasteiger partial charge on any atom is 0.200 e. The molecule has 3 nitrogen and oxygen atoms in total. The first-order valence-corrected chi connectivity index (χ1v) is 6.74. The lowest BCUT2D eigenvalue weighted by Gasteiger charge is -2.04. The number of hydrogen-bond donors (Lipinski definition) is 0. The van der Waals surface area contributed by atoms with Crippen molar-refractivity contribution in [3.05, 3.63) is 70.6 Å². The Morgan fingerprint density at radius 3 is 2.57 bits per heavy atom. The van der Waals surface area contributed by atoms with Gasteiger partial charge in [-0.3, -0.25) is 9.59 Å². The summed E-state index contributed by atoms with van der Waals surface area (Å²) in [5, 5.41) is 0.531. The fourth-order valence-electron chi connectivity index (χ4n) is 2.39. The predicted molar refractivity (Wildman–Crippen MR) is 82.3 cm³/mol. The van der Waals surface area contributed by atoms with Crippen LogP contribution in [0.15, 0.2) is 64.0 Å². The van der Waals surface area contributed by atoms with Gasteiger partial charge in [0, 0.05) is 6.42 Å². The summed E-state index contributed by atoms with van der Waals surface area (Å²) in [7, 11) is 0. The Hall–Kier alpha value is -2.68. The normalized spacial score (nSPS) is 10.7. The Labute approximate surface area is 121 Å². The molecular formula is C18H14O3. The summed E-state index contributed by atoms with van der Waals surface area (Å²) in [5.41, 5.74) is 2.68. The van der Waals surface area contributed by atoms with Crippen LogP contribution in [0.2, 0.25) is 0 Å². The molecule has 104 valence electrons. The molecule has 0 saturated heterocycles. The average molecular weight is 278 g/mol. The molecule has 0 N–H and O–H groups in total. The van der Waals surface area contributed by atoms with Gasteiger partial charge in [-0.25, -0.2) is 0 Å². The van der Waals surface area contributed by atoms with Gasteiger partial charge in [-0.05, 0) is 30.2 Å². The molecule has 21 heavy (non-hydrogen) atoms. The standard InChI is InChI=1S/C18H14O3/c1-12(19)9-13-7-8-15-17(10-13)21-11-16(18(15)20)14-5-3-2-4-6-14/h2-8,10-11H,9H2,1H3. The summed E-state index contributed by atoms with van der Waals surface area (Å²) in [6.07, 6.45) is 1.83. The highest BCUT2D eigenvalue weighted by Crippen LogP contribution is 2.20. The van der Waals surface area contributed by atoms with Gasteiger partial charge in [-0.1, -0.05) is 36.4 Å². The number of ketones is 1. The Balaban J connectivity index is 2.14. The number of benzene rings is 2. The number of hydrogen-bond acceptors (Lipinski definition) is 3. The van der Waals surface area contributed by atoms with Crippen LogP contribution in [0.1, 0.15) is 12.5 Å². The third kappa shape index (κ3) is 2.63. The number of fused-ring (bicyclic) bond motifs is 1. The number of rotatable bonds is 3. The second-order valence-corrected chi connectivity index (χ2v) is 5.05. The van der Waals surface area contributed by atoms with E-state index in [4.69, 9.17) is 4.42 Å². The van der Waals surface area contributed by atoms with Crippen molar-refractivity contribution in [1.82, 2.24) is 0 Å². The first-order valence-electron chi connectivity index (χ1n) is 6.74. The Morgan fingerprint density at radius 1 is 1.10 bits per heavy atom. The first kappa shape index (κ1) is 13.3. The Bertz CT molecular complexity index is 861. The lowest BCUT2D eigenvalue weighted by atomic mass is 10.0. The van der Waals surface area contributed by atoms with E-state index >= 15 is 0 Å². The van der Waals surface area contributed by atoms with Gasteiger partial charge in [-0.2, -0.15) is 0 Å². The van der Waals surface area contributed by atoms with Gasteiger partial charge in [0.2, 0.25) is 0 Å². The van der Waals surface area contributed by atoms with Gasteiger partial charge in [0.25, 0.3) is 0 Å². The number of Topliss-reactive ketones (excluding diaryl/α,β-unsaturated/α-hetero) is 1. The van der Waals surface area contributed by atoms with Gasteiger partial charge in [0.15, 0.2) is 5.43 Å². The Kier molecular flexibility index (Phi) is 3.40. The van der Waals surface area contributed by atoms with Gasteiger partial charge in [-0.15, -0.1) is 0 Å². The average Bonchev–Trinajstić information content (AvgIpc) is 2.48. The molecule has 3 heteroatoms. The van der Waals surface area contributed by atoms with E-state index in [1.54, 1.807) is 25.1 Å². The van der Waals surface area contributed by atoms with E-state index in [2.05, 4.69) is 0 Å². The van der Waals surface area contributed by atoms with E-state index in [0.29, 0.717) is 23.0 Å². The molecule has 0 fully saturated rings. The van der Waals surface area contributed by atoms with E-state index < -0.39 is 0 Å². The fourth-order valence-corrected chi connectivity index (χ4v) is 2.39. The molecule has 1 aromatic heterocycles. The maximum absolute atomic E-state index is 12.5. The third-order valence-corrected chi connectivity index (χ3v) is 3.38. The summed E-state index contributed by atoms with van der Waals surface area (Å²) in [6.45, 7) is 1.54. The molecule has 3 rings (SSSR count). The molecule has 0 aliphatic rings. The first-order chi connectivity index (χ1) is 10.1. The number of carbonyl (C=O) groups is 1. The van der Waals surface area contributed by atoms with Crippen molar-refractivity contribution < 1.29 is 9.21 Å². The van der Waals surface area contributed by atoms with Crippen LogP contribution in [0.5, 0.6) is 0 Å². The molecule has 0 radical (unpaired) electrons. The van der Waals surface area contributed by atoms with Crippen molar-refractivity contribution in [2.45, 2.75) is 13.3 Å². The van der Waals surface area contributed by atoms with Gasteiger partial charge >= 0.3 is 0 Å². The van der Waals surface area contributed by atoms with Crippen LogP contribution in [0, 0.1) is 0 Å². The van der Waals surface area contributed by atoms with Crippen LogP contribution in [0.25, 0.3) is 22.1 Å². The summed E-state index contributed by atoms with van der Waals surface area (Å²) in [6, 6.07) is 14.7. The van der Waals surface area contributed by atoms with Crippen molar-refractivity contribution in [1.29, 1.82) is 0 Å². The molecule has 2 aromatic carbocycles. The monoisotopic (exact) mass is 278 g/mol. The minimum atomic E-state index is -0.0585. The van der Waals surface area contributed by atoms with Gasteiger partial charge in [0.1, 0.15) is 17.6 Å². The highest BCUT2D eigenvalue weighted by molar-refractivity contribution is 5.84. The lowest BCUT2D eigenvalue weighted by Crippen LogP contribution is -2.05. The van der Waals surface area contributed by atoms with Crippen molar-refractivity contribution in [3.63, 3.8) is 0 Å². The van der Waals surface area contributed by atoms with Crippen molar-refractivity contribution >= 4 is 16.8 Å². The minimum absolute atomic E-state index is 0.0585. The van der Waals surface area contributed by atoms with Gasteiger partial charge in [0.05, 0.1) is 10.9 Å². The zero-order valence-corrected chi connectivity index (χ0v) is 11.6. The summed E-state index contributed by atoms with van der Waals surface area (Å²) in [4.78, 5) is 23.7. The molecule has 0 atom stereocenters. The molecule has 0 amide bonds. The van der Waals surface area contributed by atoms with Crippen molar-refractivity contribution in [3.8, 4) is 11.1 Å². The van der Waals surface area contributed by atoms with Gasteiger partial charge < -0.3 is 4.42 Å². The third-order valence-electron chi connectivity index (χ3n) is 3.38. The van der Waals surface area contributed by atoms with Crippen molar-refractivity contribution in [2.24, 2.45) is 0 Å². The molecule has 1 heterocycles. The van der Waals surface area contributed by atoms with Crippen molar-refractivity contribution in [2.75, 3.05) is 0 Å². The molecule has 0 aliphatic carbocycles. The van der Waals surface area contributed by atoms with Crippen LogP contribution < -0.4 is 5.43 Å². The Morgan fingerprint density at radius 2 is 1.86 bits per heavy atom. The summed E-state index contributed by atoms with van der Waals surface area (Å²) >= 11 is 0. The highest BCUT2D eigenvalue weighted by Gasteiger charge is 2.09. The molecule has 0 saturated carbocycles. The minimum Gasteiger partial charge on any atom is -0.463 e. The molecule has 0 spiro atoms. The second kappa shape index (κ2) is 5.37. The second-order valence-electron chi connectivity index (χ2n) is 5.05. The van der Waals surface area contributed by atoms with Crippen LogP contribution >= 0.6 is 0 Å². The zero-order valence-electron chi connectivity index (χ0n) is 11.6. The molecular weight excluding hydrogens is 264 g/mol. The summed E-state index contributed by atoms with van der Waals surface area (Å²) < 4.78 is 5.59. The zero-order chi connectivity index (χ0) is 14.8. The van der Waals surface area contributed by atoms with Crippen LogP contribution in [0.3, 0.4) is 0 Å².